The molecule has 0 unspecified atom stereocenters. The molecule has 0 aliphatic carbocycles. The Morgan fingerprint density at radius 1 is 1.28 bits per heavy atom. The second kappa shape index (κ2) is 7.11. The molecule has 1 N–H and O–H groups in total. The van der Waals surface area contributed by atoms with Crippen molar-refractivity contribution in [1.82, 2.24) is 10.1 Å². The number of hydrogen-bond donors (Lipinski definition) is 1. The average molecular weight is 445 g/mol. The maximum absolute atomic E-state index is 13.0. The lowest BCUT2D eigenvalue weighted by Gasteiger charge is -2.12. The number of fused-ring (bicyclic) bond motifs is 1. The van der Waals surface area contributed by atoms with E-state index in [2.05, 4.69) is 14.9 Å². The van der Waals surface area contributed by atoms with Gasteiger partial charge < -0.3 is 9.26 Å². The van der Waals surface area contributed by atoms with E-state index in [0.717, 1.165) is 40.0 Å². The molecule has 1 aliphatic heterocycles. The fraction of sp³-hybridized carbons (Fsp3) is 0.294. The molecule has 2 aromatic heterocycles. The van der Waals surface area contributed by atoms with Crippen LogP contribution in [-0.4, -0.2) is 25.2 Å². The van der Waals surface area contributed by atoms with Crippen LogP contribution >= 0.6 is 11.3 Å². The van der Waals surface area contributed by atoms with E-state index in [1.54, 1.807) is 6.92 Å². The maximum Gasteiger partial charge on any atom is 0.416 e. The molecule has 0 fully saturated rings. The van der Waals surface area contributed by atoms with Gasteiger partial charge in [-0.05, 0) is 37.1 Å². The summed E-state index contributed by atoms with van der Waals surface area (Å²) in [5.74, 6) is 0.516. The molecular formula is C17H14F3N3O4S2. The zero-order valence-electron chi connectivity index (χ0n) is 14.9. The molecular weight excluding hydrogens is 431 g/mol. The topological polar surface area (TPSA) is 94.3 Å². The number of thiophene rings is 1. The fourth-order valence-electron chi connectivity index (χ4n) is 2.95. The fourth-order valence-corrected chi connectivity index (χ4v) is 5.48. The number of ether oxygens (including phenoxy) is 1. The lowest BCUT2D eigenvalue weighted by molar-refractivity contribution is -0.137. The normalized spacial score (nSPS) is 14.6. The van der Waals surface area contributed by atoms with Crippen LogP contribution in [0.25, 0.3) is 11.5 Å². The van der Waals surface area contributed by atoms with Gasteiger partial charge in [-0.2, -0.15) is 18.2 Å². The molecule has 12 heteroatoms. The first-order valence-corrected chi connectivity index (χ1v) is 10.7. The van der Waals surface area contributed by atoms with E-state index in [-0.39, 0.29) is 10.9 Å². The number of benzene rings is 1. The maximum atomic E-state index is 13.0. The smallest absolute Gasteiger partial charge is 0.376 e. The number of anilines is 1. The van der Waals surface area contributed by atoms with Crippen molar-refractivity contribution in [3.8, 4) is 11.5 Å². The van der Waals surface area contributed by atoms with E-state index in [1.807, 2.05) is 0 Å². The number of hydrogen-bond acceptors (Lipinski definition) is 7. The Hall–Kier alpha value is -2.44. The summed E-state index contributed by atoms with van der Waals surface area (Å²) < 4.78 is 77.6. The van der Waals surface area contributed by atoms with Crippen LogP contribution in [0.1, 0.15) is 21.8 Å². The SMILES string of the molecule is Cc1noc(-c2c(NS(=O)(=O)c3cccc(C(F)(F)F)c3)sc3c2CCOC3)n1. The third kappa shape index (κ3) is 3.87. The zero-order valence-corrected chi connectivity index (χ0v) is 16.5. The standard InChI is InChI=1S/C17H14F3N3O4S2/c1-9-21-15(27-22-9)14-12-5-6-26-8-13(12)28-16(14)23-29(24,25)11-4-2-3-10(7-11)17(18,19)20/h2-4,7,23H,5-6,8H2,1H3. The van der Waals surface area contributed by atoms with Crippen LogP contribution in [-0.2, 0) is 34.0 Å². The minimum absolute atomic E-state index is 0.142. The highest BCUT2D eigenvalue weighted by Gasteiger charge is 2.33. The summed E-state index contributed by atoms with van der Waals surface area (Å²) in [6, 6.07) is 3.56. The second-order valence-electron chi connectivity index (χ2n) is 6.29. The van der Waals surface area contributed by atoms with Gasteiger partial charge in [-0.3, -0.25) is 4.72 Å². The lowest BCUT2D eigenvalue weighted by atomic mass is 10.1. The Morgan fingerprint density at radius 2 is 2.07 bits per heavy atom. The first kappa shape index (κ1) is 19.9. The number of halogens is 3. The van der Waals surface area contributed by atoms with Gasteiger partial charge in [0.15, 0.2) is 5.82 Å². The van der Waals surface area contributed by atoms with Gasteiger partial charge >= 0.3 is 6.18 Å². The summed E-state index contributed by atoms with van der Waals surface area (Å²) in [6.07, 6.45) is -4.13. The Balaban J connectivity index is 1.77. The molecule has 1 aliphatic rings. The Labute approximate surface area is 167 Å². The van der Waals surface area contributed by atoms with Crippen molar-refractivity contribution in [1.29, 1.82) is 0 Å². The van der Waals surface area contributed by atoms with Gasteiger partial charge in [0.2, 0.25) is 0 Å². The molecule has 4 rings (SSSR count). The van der Waals surface area contributed by atoms with Gasteiger partial charge in [0.25, 0.3) is 15.9 Å². The van der Waals surface area contributed by atoms with Crippen molar-refractivity contribution >= 4 is 26.4 Å². The summed E-state index contributed by atoms with van der Waals surface area (Å²) in [5, 5.41) is 3.94. The van der Waals surface area contributed by atoms with E-state index >= 15 is 0 Å². The predicted molar refractivity (Wildman–Crippen MR) is 98.0 cm³/mol. The van der Waals surface area contributed by atoms with Gasteiger partial charge in [-0.25, -0.2) is 8.42 Å². The highest BCUT2D eigenvalue weighted by Crippen LogP contribution is 2.43. The molecule has 3 heterocycles. The number of sulfonamides is 1. The van der Waals surface area contributed by atoms with Crippen molar-refractivity contribution in [2.24, 2.45) is 0 Å². The van der Waals surface area contributed by atoms with Crippen LogP contribution < -0.4 is 4.72 Å². The van der Waals surface area contributed by atoms with Crippen LogP contribution in [0.5, 0.6) is 0 Å². The van der Waals surface area contributed by atoms with E-state index in [0.29, 0.717) is 37.1 Å². The van der Waals surface area contributed by atoms with Crippen LogP contribution in [0.15, 0.2) is 33.7 Å². The van der Waals surface area contributed by atoms with Gasteiger partial charge in [0.1, 0.15) is 5.00 Å². The number of alkyl halides is 3. The van der Waals surface area contributed by atoms with Crippen molar-refractivity contribution < 1.29 is 30.8 Å². The zero-order chi connectivity index (χ0) is 20.8. The van der Waals surface area contributed by atoms with Crippen LogP contribution in [0.3, 0.4) is 0 Å². The highest BCUT2D eigenvalue weighted by molar-refractivity contribution is 7.93. The lowest BCUT2D eigenvalue weighted by Crippen LogP contribution is -2.14. The minimum Gasteiger partial charge on any atom is -0.376 e. The quantitative estimate of drug-likeness (QED) is 0.652. The Kier molecular flexibility index (Phi) is 4.87. The van der Waals surface area contributed by atoms with Gasteiger partial charge in [-0.15, -0.1) is 11.3 Å². The van der Waals surface area contributed by atoms with Crippen LogP contribution in [0.2, 0.25) is 0 Å². The first-order chi connectivity index (χ1) is 13.6. The molecule has 1 aromatic carbocycles. The van der Waals surface area contributed by atoms with Gasteiger partial charge in [0.05, 0.1) is 29.2 Å². The third-order valence-electron chi connectivity index (χ3n) is 4.26. The Bertz CT molecular complexity index is 1170. The van der Waals surface area contributed by atoms with Crippen LogP contribution in [0.4, 0.5) is 18.2 Å². The summed E-state index contributed by atoms with van der Waals surface area (Å²) in [5.41, 5.74) is 0.211. The molecule has 0 bridgehead atoms. The molecule has 0 atom stereocenters. The number of nitrogens with one attached hydrogen (secondary N) is 1. The van der Waals surface area contributed by atoms with Crippen molar-refractivity contribution in [3.63, 3.8) is 0 Å². The van der Waals surface area contributed by atoms with Crippen molar-refractivity contribution in [2.45, 2.75) is 31.0 Å². The molecule has 0 spiro atoms. The average Bonchev–Trinajstić information content (AvgIpc) is 3.23. The molecule has 0 saturated carbocycles. The molecule has 0 saturated heterocycles. The first-order valence-electron chi connectivity index (χ1n) is 8.38. The summed E-state index contributed by atoms with van der Waals surface area (Å²) in [7, 11) is -4.29. The van der Waals surface area contributed by atoms with E-state index in [4.69, 9.17) is 9.26 Å². The molecule has 0 radical (unpaired) electrons. The number of rotatable bonds is 4. The van der Waals surface area contributed by atoms with Crippen molar-refractivity contribution in [3.05, 3.63) is 46.1 Å². The number of nitrogens with zero attached hydrogens (tertiary/aromatic N) is 2. The molecule has 154 valence electrons. The summed E-state index contributed by atoms with van der Waals surface area (Å²) >= 11 is 1.13. The summed E-state index contributed by atoms with van der Waals surface area (Å²) in [4.78, 5) is 4.47. The van der Waals surface area contributed by atoms with E-state index < -0.39 is 26.7 Å². The van der Waals surface area contributed by atoms with E-state index in [9.17, 15) is 21.6 Å². The minimum atomic E-state index is -4.66. The van der Waals surface area contributed by atoms with Crippen molar-refractivity contribution in [2.75, 3.05) is 11.3 Å². The highest BCUT2D eigenvalue weighted by atomic mass is 32.2. The number of aromatic nitrogens is 2. The van der Waals surface area contributed by atoms with Gasteiger partial charge in [0, 0.05) is 4.88 Å². The Morgan fingerprint density at radius 3 is 2.76 bits per heavy atom. The third-order valence-corrected chi connectivity index (χ3v) is 6.86. The molecule has 29 heavy (non-hydrogen) atoms. The largest absolute Gasteiger partial charge is 0.416 e. The molecule has 3 aromatic rings. The molecule has 0 amide bonds. The predicted octanol–water partition coefficient (Wildman–Crippen LogP) is 4.00. The van der Waals surface area contributed by atoms with E-state index in [1.165, 1.54) is 0 Å². The van der Waals surface area contributed by atoms with Gasteiger partial charge in [-0.1, -0.05) is 11.2 Å². The molecule has 7 nitrogen and oxygen atoms in total. The summed E-state index contributed by atoms with van der Waals surface area (Å²) in [6.45, 7) is 2.37. The second-order valence-corrected chi connectivity index (χ2v) is 9.08. The van der Waals surface area contributed by atoms with Crippen LogP contribution in [0, 0.1) is 6.92 Å². The number of aryl methyl sites for hydroxylation is 1. The monoisotopic (exact) mass is 445 g/mol.